The second-order valence-corrected chi connectivity index (χ2v) is 6.54. The fourth-order valence-electron chi connectivity index (χ4n) is 3.31. The molecule has 2 heterocycles. The summed E-state index contributed by atoms with van der Waals surface area (Å²) < 4.78 is 0. The van der Waals surface area contributed by atoms with Crippen molar-refractivity contribution in [2.24, 2.45) is 5.92 Å². The van der Waals surface area contributed by atoms with Gasteiger partial charge in [0.2, 0.25) is 0 Å². The number of fused-ring (bicyclic) bond motifs is 1. The van der Waals surface area contributed by atoms with Gasteiger partial charge in [0.25, 0.3) is 0 Å². The summed E-state index contributed by atoms with van der Waals surface area (Å²) in [5.41, 5.74) is 8.10. The first-order chi connectivity index (χ1) is 11.7. The molecule has 24 heavy (non-hydrogen) atoms. The van der Waals surface area contributed by atoms with Crippen LogP contribution in [0.25, 0.3) is 22.2 Å². The number of hydrogen-bond donors (Lipinski definition) is 0. The van der Waals surface area contributed by atoms with Gasteiger partial charge in [-0.1, -0.05) is 48.9 Å². The molecule has 4 rings (SSSR count). The van der Waals surface area contributed by atoms with Crippen molar-refractivity contribution in [1.29, 1.82) is 0 Å². The highest BCUT2D eigenvalue weighted by molar-refractivity contribution is 5.96. The lowest BCUT2D eigenvalue weighted by molar-refractivity contribution is 0.750. The maximum Gasteiger partial charge on any atom is 0.0894 e. The number of aromatic nitrogens is 2. The van der Waals surface area contributed by atoms with Gasteiger partial charge < -0.3 is 0 Å². The fourth-order valence-corrected chi connectivity index (χ4v) is 3.31. The largest absolute Gasteiger partial charge is 0.255 e. The Morgan fingerprint density at radius 3 is 2.79 bits per heavy atom. The average Bonchev–Trinajstić information content (AvgIpc) is 2.61. The van der Waals surface area contributed by atoms with Gasteiger partial charge in [0, 0.05) is 11.8 Å². The quantitative estimate of drug-likeness (QED) is 0.629. The molecule has 0 amide bonds. The predicted octanol–water partition coefficient (Wildman–Crippen LogP) is 5.45. The molecule has 0 bridgehead atoms. The smallest absolute Gasteiger partial charge is 0.0894 e. The van der Waals surface area contributed by atoms with Crippen LogP contribution in [0.1, 0.15) is 30.2 Å². The molecule has 1 atom stereocenters. The molecule has 0 spiro atoms. The Balaban J connectivity index is 1.90. The third kappa shape index (κ3) is 2.76. The topological polar surface area (TPSA) is 25.8 Å². The highest BCUT2D eigenvalue weighted by Crippen LogP contribution is 2.36. The molecular formula is C22H20N2. The molecule has 0 saturated carbocycles. The summed E-state index contributed by atoms with van der Waals surface area (Å²) in [6.45, 7) is 4.41. The molecule has 0 fully saturated rings. The van der Waals surface area contributed by atoms with Gasteiger partial charge in [0.05, 0.1) is 16.7 Å². The second kappa shape index (κ2) is 6.04. The van der Waals surface area contributed by atoms with Crippen molar-refractivity contribution in [3.05, 3.63) is 83.7 Å². The Labute approximate surface area is 142 Å². The van der Waals surface area contributed by atoms with Gasteiger partial charge in [0.1, 0.15) is 0 Å². The van der Waals surface area contributed by atoms with E-state index < -0.39 is 0 Å². The fraction of sp³-hybridized carbons (Fsp3) is 0.182. The van der Waals surface area contributed by atoms with Gasteiger partial charge in [-0.25, -0.2) is 4.98 Å². The van der Waals surface area contributed by atoms with Crippen LogP contribution in [0.2, 0.25) is 0 Å². The van der Waals surface area contributed by atoms with Gasteiger partial charge in [0.15, 0.2) is 0 Å². The highest BCUT2D eigenvalue weighted by Gasteiger charge is 2.17. The number of benzene rings is 1. The van der Waals surface area contributed by atoms with E-state index in [1.807, 2.05) is 18.3 Å². The molecule has 3 aromatic rings. The van der Waals surface area contributed by atoms with E-state index in [9.17, 15) is 0 Å². The Morgan fingerprint density at radius 2 is 1.92 bits per heavy atom. The molecule has 1 aromatic carbocycles. The number of rotatable bonds is 2. The zero-order chi connectivity index (χ0) is 16.5. The van der Waals surface area contributed by atoms with E-state index in [4.69, 9.17) is 4.98 Å². The summed E-state index contributed by atoms with van der Waals surface area (Å²) in [7, 11) is 0. The van der Waals surface area contributed by atoms with Crippen LogP contribution >= 0.6 is 0 Å². The molecule has 0 aliphatic heterocycles. The van der Waals surface area contributed by atoms with E-state index >= 15 is 0 Å². The Bertz CT molecular complexity index is 966. The van der Waals surface area contributed by atoms with Gasteiger partial charge >= 0.3 is 0 Å². The zero-order valence-corrected chi connectivity index (χ0v) is 14.0. The SMILES string of the molecule is Cc1cccc(C2=C(c3ccc4ncccc4n3)C=CC(C)C2)c1. The van der Waals surface area contributed by atoms with E-state index in [0.29, 0.717) is 5.92 Å². The summed E-state index contributed by atoms with van der Waals surface area (Å²) in [4.78, 5) is 9.22. The first-order valence-electron chi connectivity index (χ1n) is 8.41. The molecule has 0 N–H and O–H groups in total. The van der Waals surface area contributed by atoms with Crippen molar-refractivity contribution in [3.8, 4) is 0 Å². The third-order valence-corrected chi connectivity index (χ3v) is 4.54. The molecule has 1 unspecified atom stereocenters. The first kappa shape index (κ1) is 14.8. The summed E-state index contributed by atoms with van der Waals surface area (Å²) >= 11 is 0. The van der Waals surface area contributed by atoms with Crippen molar-refractivity contribution < 1.29 is 0 Å². The predicted molar refractivity (Wildman–Crippen MR) is 100 cm³/mol. The van der Waals surface area contributed by atoms with Crippen molar-refractivity contribution in [1.82, 2.24) is 9.97 Å². The Kier molecular flexibility index (Phi) is 3.73. The van der Waals surface area contributed by atoms with Crippen LogP contribution in [0.15, 0.2) is 66.9 Å². The van der Waals surface area contributed by atoms with Crippen LogP contribution < -0.4 is 0 Å². The lowest BCUT2D eigenvalue weighted by Gasteiger charge is -2.21. The van der Waals surface area contributed by atoms with E-state index in [0.717, 1.165) is 23.1 Å². The molecule has 2 nitrogen and oxygen atoms in total. The molecule has 0 radical (unpaired) electrons. The summed E-state index contributed by atoms with van der Waals surface area (Å²) in [6.07, 6.45) is 7.37. The van der Waals surface area contributed by atoms with E-state index in [2.05, 4.69) is 67.4 Å². The number of nitrogens with zero attached hydrogens (tertiary/aromatic N) is 2. The molecular weight excluding hydrogens is 292 g/mol. The monoisotopic (exact) mass is 312 g/mol. The first-order valence-corrected chi connectivity index (χ1v) is 8.41. The lowest BCUT2D eigenvalue weighted by atomic mass is 9.85. The number of hydrogen-bond acceptors (Lipinski definition) is 2. The van der Waals surface area contributed by atoms with Crippen molar-refractivity contribution >= 4 is 22.2 Å². The lowest BCUT2D eigenvalue weighted by Crippen LogP contribution is -2.03. The maximum absolute atomic E-state index is 4.85. The average molecular weight is 312 g/mol. The van der Waals surface area contributed by atoms with Gasteiger partial charge in [-0.3, -0.25) is 4.98 Å². The van der Waals surface area contributed by atoms with Crippen molar-refractivity contribution in [2.75, 3.05) is 0 Å². The zero-order valence-electron chi connectivity index (χ0n) is 14.0. The van der Waals surface area contributed by atoms with Crippen LogP contribution in [-0.2, 0) is 0 Å². The molecule has 1 aliphatic carbocycles. The van der Waals surface area contributed by atoms with Crippen LogP contribution in [0.4, 0.5) is 0 Å². The minimum absolute atomic E-state index is 0.548. The minimum Gasteiger partial charge on any atom is -0.255 e. The van der Waals surface area contributed by atoms with Crippen LogP contribution in [0, 0.1) is 12.8 Å². The maximum atomic E-state index is 4.85. The van der Waals surface area contributed by atoms with E-state index in [1.54, 1.807) is 0 Å². The van der Waals surface area contributed by atoms with Gasteiger partial charge in [-0.05, 0) is 54.7 Å². The minimum atomic E-state index is 0.548. The van der Waals surface area contributed by atoms with Crippen molar-refractivity contribution in [3.63, 3.8) is 0 Å². The summed E-state index contributed by atoms with van der Waals surface area (Å²) in [5.74, 6) is 0.548. The third-order valence-electron chi connectivity index (χ3n) is 4.54. The molecule has 0 saturated heterocycles. The molecule has 2 aromatic heterocycles. The van der Waals surface area contributed by atoms with Crippen LogP contribution in [0.3, 0.4) is 0 Å². The highest BCUT2D eigenvalue weighted by atomic mass is 14.8. The van der Waals surface area contributed by atoms with E-state index in [1.165, 1.54) is 22.3 Å². The van der Waals surface area contributed by atoms with Crippen LogP contribution in [-0.4, -0.2) is 9.97 Å². The summed E-state index contributed by atoms with van der Waals surface area (Å²) in [5, 5.41) is 0. The normalized spacial score (nSPS) is 17.5. The molecule has 2 heteroatoms. The Morgan fingerprint density at radius 1 is 1.00 bits per heavy atom. The molecule has 118 valence electrons. The second-order valence-electron chi connectivity index (χ2n) is 6.54. The van der Waals surface area contributed by atoms with Crippen LogP contribution in [0.5, 0.6) is 0 Å². The molecule has 1 aliphatic rings. The number of pyridine rings is 2. The number of allylic oxidation sites excluding steroid dienone is 4. The van der Waals surface area contributed by atoms with E-state index in [-0.39, 0.29) is 0 Å². The summed E-state index contributed by atoms with van der Waals surface area (Å²) in [6, 6.07) is 16.9. The number of aryl methyl sites for hydroxylation is 1. The standard InChI is InChI=1S/C22H20N2/c1-15-5-3-6-17(13-15)19-14-16(2)8-9-18(19)20-10-11-21-22(24-20)7-4-12-23-21/h3-13,16H,14H2,1-2H3. The van der Waals surface area contributed by atoms with Gasteiger partial charge in [-0.2, -0.15) is 0 Å². The Hall–Kier alpha value is -2.74. The van der Waals surface area contributed by atoms with Crippen molar-refractivity contribution in [2.45, 2.75) is 20.3 Å². The van der Waals surface area contributed by atoms with Gasteiger partial charge in [-0.15, -0.1) is 0 Å².